The number of sulfone groups is 1. The number of hydrogen-bond donors (Lipinski definition) is 0. The molecule has 0 spiro atoms. The predicted octanol–water partition coefficient (Wildman–Crippen LogP) is 3.50. The van der Waals surface area contributed by atoms with Crippen LogP contribution in [0, 0.1) is 5.92 Å². The lowest BCUT2D eigenvalue weighted by Crippen LogP contribution is -2.37. The van der Waals surface area contributed by atoms with Gasteiger partial charge in [0.25, 0.3) is 0 Å². The standard InChI is InChI=1S/C14H19Cl2NO2S/c1-11-3-2-6-17(10-11)7-8-20(18,19)14-9-12(15)4-5-13(14)16/h4-5,9,11H,2-3,6-8,10H2,1H3. The van der Waals surface area contributed by atoms with E-state index in [2.05, 4.69) is 11.8 Å². The van der Waals surface area contributed by atoms with E-state index in [4.69, 9.17) is 23.2 Å². The van der Waals surface area contributed by atoms with Gasteiger partial charge in [0, 0.05) is 18.1 Å². The molecule has 112 valence electrons. The van der Waals surface area contributed by atoms with Gasteiger partial charge in [-0.15, -0.1) is 0 Å². The molecular formula is C14H19Cl2NO2S. The summed E-state index contributed by atoms with van der Waals surface area (Å²) in [5, 5.41) is 0.626. The summed E-state index contributed by atoms with van der Waals surface area (Å²) in [7, 11) is -3.39. The summed E-state index contributed by atoms with van der Waals surface area (Å²) >= 11 is 11.8. The Bertz CT molecular complexity index is 575. The molecule has 0 bridgehead atoms. The highest BCUT2D eigenvalue weighted by Crippen LogP contribution is 2.26. The molecule has 1 fully saturated rings. The zero-order valence-electron chi connectivity index (χ0n) is 11.5. The van der Waals surface area contributed by atoms with E-state index in [1.807, 2.05) is 0 Å². The van der Waals surface area contributed by atoms with Crippen LogP contribution in [0.15, 0.2) is 23.1 Å². The maximum atomic E-state index is 12.4. The average molecular weight is 336 g/mol. The number of nitrogens with zero attached hydrogens (tertiary/aromatic N) is 1. The van der Waals surface area contributed by atoms with Crippen molar-refractivity contribution < 1.29 is 8.42 Å². The van der Waals surface area contributed by atoms with Gasteiger partial charge in [-0.05, 0) is 43.5 Å². The molecule has 6 heteroatoms. The van der Waals surface area contributed by atoms with Gasteiger partial charge in [-0.25, -0.2) is 8.42 Å². The molecule has 20 heavy (non-hydrogen) atoms. The zero-order chi connectivity index (χ0) is 14.8. The van der Waals surface area contributed by atoms with E-state index in [1.54, 1.807) is 6.07 Å². The Hall–Kier alpha value is -0.290. The molecule has 0 radical (unpaired) electrons. The molecule has 3 nitrogen and oxygen atoms in total. The zero-order valence-corrected chi connectivity index (χ0v) is 13.8. The lowest BCUT2D eigenvalue weighted by atomic mass is 10.0. The van der Waals surface area contributed by atoms with Crippen LogP contribution in [0.4, 0.5) is 0 Å². The number of piperidine rings is 1. The molecule has 1 aromatic rings. The predicted molar refractivity (Wildman–Crippen MR) is 83.4 cm³/mol. The van der Waals surface area contributed by atoms with Crippen molar-refractivity contribution in [2.45, 2.75) is 24.7 Å². The molecular weight excluding hydrogens is 317 g/mol. The number of halogens is 2. The van der Waals surface area contributed by atoms with Gasteiger partial charge in [0.05, 0.1) is 15.7 Å². The van der Waals surface area contributed by atoms with Crippen LogP contribution in [-0.4, -0.2) is 38.7 Å². The quantitative estimate of drug-likeness (QED) is 0.845. The molecule has 1 aliphatic rings. The van der Waals surface area contributed by atoms with E-state index in [1.165, 1.54) is 18.6 Å². The SMILES string of the molecule is CC1CCCN(CCS(=O)(=O)c2cc(Cl)ccc2Cl)C1. The smallest absolute Gasteiger partial charge is 0.181 e. The molecule has 0 aromatic heterocycles. The van der Waals surface area contributed by atoms with Crippen molar-refractivity contribution >= 4 is 33.0 Å². The lowest BCUT2D eigenvalue weighted by Gasteiger charge is -2.30. The number of hydrogen-bond acceptors (Lipinski definition) is 3. The molecule has 1 saturated heterocycles. The van der Waals surface area contributed by atoms with Gasteiger partial charge < -0.3 is 4.90 Å². The van der Waals surface area contributed by atoms with E-state index in [0.29, 0.717) is 17.5 Å². The van der Waals surface area contributed by atoms with Crippen molar-refractivity contribution in [3.05, 3.63) is 28.2 Å². The van der Waals surface area contributed by atoms with Gasteiger partial charge in [0.2, 0.25) is 0 Å². The molecule has 0 N–H and O–H groups in total. The highest BCUT2D eigenvalue weighted by Gasteiger charge is 2.22. The highest BCUT2D eigenvalue weighted by molar-refractivity contribution is 7.91. The molecule has 0 amide bonds. The van der Waals surface area contributed by atoms with E-state index in [0.717, 1.165) is 19.5 Å². The van der Waals surface area contributed by atoms with Crippen LogP contribution in [0.5, 0.6) is 0 Å². The van der Waals surface area contributed by atoms with E-state index in [9.17, 15) is 8.42 Å². The first kappa shape index (κ1) is 16.1. The fourth-order valence-electron chi connectivity index (χ4n) is 2.56. The van der Waals surface area contributed by atoms with Crippen LogP contribution in [0.25, 0.3) is 0 Å². The third-order valence-corrected chi connectivity index (χ3v) is 6.05. The van der Waals surface area contributed by atoms with E-state index in [-0.39, 0.29) is 15.7 Å². The van der Waals surface area contributed by atoms with Crippen LogP contribution in [0.3, 0.4) is 0 Å². The first-order valence-electron chi connectivity index (χ1n) is 6.78. The Morgan fingerprint density at radius 3 is 2.80 bits per heavy atom. The topological polar surface area (TPSA) is 37.4 Å². The fraction of sp³-hybridized carbons (Fsp3) is 0.571. The Balaban J connectivity index is 2.05. The molecule has 0 aliphatic carbocycles. The minimum atomic E-state index is -3.39. The number of likely N-dealkylation sites (tertiary alicyclic amines) is 1. The summed E-state index contributed by atoms with van der Waals surface area (Å²) in [5.41, 5.74) is 0. The first-order chi connectivity index (χ1) is 9.38. The minimum absolute atomic E-state index is 0.0831. The lowest BCUT2D eigenvalue weighted by molar-refractivity contribution is 0.193. The summed E-state index contributed by atoms with van der Waals surface area (Å²) in [4.78, 5) is 2.35. The van der Waals surface area contributed by atoms with Crippen LogP contribution in [0.1, 0.15) is 19.8 Å². The second-order valence-electron chi connectivity index (χ2n) is 5.44. The van der Waals surface area contributed by atoms with Crippen molar-refractivity contribution in [1.29, 1.82) is 0 Å². The summed E-state index contributed by atoms with van der Waals surface area (Å²) in [6.07, 6.45) is 2.36. The van der Waals surface area contributed by atoms with Crippen LogP contribution in [0.2, 0.25) is 10.0 Å². The largest absolute Gasteiger partial charge is 0.302 e. The third kappa shape index (κ3) is 4.10. The summed E-state index contributed by atoms with van der Waals surface area (Å²) < 4.78 is 24.7. The van der Waals surface area contributed by atoms with Crippen LogP contribution < -0.4 is 0 Å². The van der Waals surface area contributed by atoms with Gasteiger partial charge in [-0.2, -0.15) is 0 Å². The monoisotopic (exact) mass is 335 g/mol. The van der Waals surface area contributed by atoms with E-state index < -0.39 is 9.84 Å². The van der Waals surface area contributed by atoms with Gasteiger partial charge in [0.1, 0.15) is 0 Å². The molecule has 1 heterocycles. The maximum Gasteiger partial charge on any atom is 0.181 e. The Morgan fingerprint density at radius 1 is 1.35 bits per heavy atom. The van der Waals surface area contributed by atoms with Crippen molar-refractivity contribution in [1.82, 2.24) is 4.90 Å². The van der Waals surface area contributed by atoms with E-state index >= 15 is 0 Å². The van der Waals surface area contributed by atoms with Gasteiger partial charge in [0.15, 0.2) is 9.84 Å². The Morgan fingerprint density at radius 2 is 2.10 bits per heavy atom. The van der Waals surface area contributed by atoms with Gasteiger partial charge >= 0.3 is 0 Å². The molecule has 1 aliphatic heterocycles. The summed E-state index contributed by atoms with van der Waals surface area (Å²) in [6.45, 7) is 4.70. The Kier molecular flexibility index (Phi) is 5.35. The van der Waals surface area contributed by atoms with Crippen LogP contribution >= 0.6 is 23.2 Å². The number of rotatable bonds is 4. The van der Waals surface area contributed by atoms with Crippen molar-refractivity contribution in [2.24, 2.45) is 5.92 Å². The van der Waals surface area contributed by atoms with Crippen molar-refractivity contribution in [3.63, 3.8) is 0 Å². The van der Waals surface area contributed by atoms with Crippen LogP contribution in [-0.2, 0) is 9.84 Å². The number of benzene rings is 1. The summed E-state index contributed by atoms with van der Waals surface area (Å²) in [5.74, 6) is 0.723. The molecule has 1 unspecified atom stereocenters. The molecule has 2 rings (SSSR count). The second-order valence-corrected chi connectivity index (χ2v) is 8.36. The van der Waals surface area contributed by atoms with Crippen molar-refractivity contribution in [3.8, 4) is 0 Å². The second kappa shape index (κ2) is 6.65. The average Bonchev–Trinajstić information content (AvgIpc) is 2.39. The maximum absolute atomic E-state index is 12.4. The first-order valence-corrected chi connectivity index (χ1v) is 9.19. The van der Waals surface area contributed by atoms with Crippen molar-refractivity contribution in [2.75, 3.05) is 25.4 Å². The summed E-state index contributed by atoms with van der Waals surface area (Å²) in [6, 6.07) is 4.55. The third-order valence-electron chi connectivity index (χ3n) is 3.65. The molecule has 1 atom stereocenters. The minimum Gasteiger partial charge on any atom is -0.302 e. The Labute approximate surface area is 130 Å². The van der Waals surface area contributed by atoms with Gasteiger partial charge in [-0.3, -0.25) is 0 Å². The fourth-order valence-corrected chi connectivity index (χ4v) is 4.66. The highest BCUT2D eigenvalue weighted by atomic mass is 35.5. The normalized spacial score (nSPS) is 21.1. The van der Waals surface area contributed by atoms with Gasteiger partial charge in [-0.1, -0.05) is 30.1 Å². The molecule has 1 aromatic carbocycles. The molecule has 0 saturated carbocycles.